The van der Waals surface area contributed by atoms with Crippen molar-refractivity contribution in [3.05, 3.63) is 46.4 Å². The van der Waals surface area contributed by atoms with Crippen LogP contribution in [0.25, 0.3) is 0 Å². The highest BCUT2D eigenvalue weighted by atomic mass is 35.5. The Kier molecular flexibility index (Phi) is 7.05. The number of carbonyl (C=O) groups is 2. The first-order valence-corrected chi connectivity index (χ1v) is 11.4. The third-order valence-electron chi connectivity index (χ3n) is 6.00. The average Bonchev–Trinajstić information content (AvgIpc) is 3.20. The maximum atomic E-state index is 13.0. The third kappa shape index (κ3) is 4.77. The van der Waals surface area contributed by atoms with E-state index in [4.69, 9.17) is 32.7 Å². The Morgan fingerprint density at radius 2 is 1.70 bits per heavy atom. The molecule has 2 aliphatic heterocycles. The van der Waals surface area contributed by atoms with Crippen molar-refractivity contribution in [1.82, 2.24) is 9.80 Å². The minimum atomic E-state index is -0.223. The zero-order valence-corrected chi connectivity index (χ0v) is 20.1. The predicted octanol–water partition coefficient (Wildman–Crippen LogP) is 3.60. The van der Waals surface area contributed by atoms with Gasteiger partial charge in [-0.05, 0) is 24.3 Å². The summed E-state index contributed by atoms with van der Waals surface area (Å²) in [6.45, 7) is 3.37. The Hall–Kier alpha value is -2.84. The number of anilines is 2. The van der Waals surface area contributed by atoms with Gasteiger partial charge in [-0.1, -0.05) is 29.3 Å². The van der Waals surface area contributed by atoms with Crippen LogP contribution in [-0.2, 0) is 4.79 Å². The van der Waals surface area contributed by atoms with Gasteiger partial charge in [0, 0.05) is 45.3 Å². The van der Waals surface area contributed by atoms with Crippen LogP contribution in [0, 0.1) is 0 Å². The number of ether oxygens (including phenoxy) is 2. The molecule has 0 aliphatic carbocycles. The SMILES string of the molecule is COc1ccc(OC)c(N2CCN(CC(=O)N3CCN(c4cccc(Cl)c4Cl)CC3)C2=O)c1. The fourth-order valence-electron chi connectivity index (χ4n) is 4.16. The summed E-state index contributed by atoms with van der Waals surface area (Å²) in [5, 5.41) is 1.03. The van der Waals surface area contributed by atoms with Crippen molar-refractivity contribution in [2.24, 2.45) is 0 Å². The van der Waals surface area contributed by atoms with E-state index < -0.39 is 0 Å². The van der Waals surface area contributed by atoms with Crippen LogP contribution in [-0.4, -0.2) is 81.8 Å². The van der Waals surface area contributed by atoms with Gasteiger partial charge in [0.25, 0.3) is 0 Å². The minimum Gasteiger partial charge on any atom is -0.497 e. The van der Waals surface area contributed by atoms with Gasteiger partial charge in [0.2, 0.25) is 5.91 Å². The van der Waals surface area contributed by atoms with Crippen LogP contribution < -0.4 is 19.3 Å². The number of methoxy groups -OCH3 is 2. The zero-order chi connectivity index (χ0) is 23.5. The van der Waals surface area contributed by atoms with Gasteiger partial charge >= 0.3 is 6.03 Å². The van der Waals surface area contributed by atoms with E-state index in [2.05, 4.69) is 4.90 Å². The topological polar surface area (TPSA) is 65.6 Å². The second-order valence-electron chi connectivity index (χ2n) is 7.83. The maximum absolute atomic E-state index is 13.0. The maximum Gasteiger partial charge on any atom is 0.325 e. The number of urea groups is 1. The van der Waals surface area contributed by atoms with E-state index in [1.54, 1.807) is 53.2 Å². The quantitative estimate of drug-likeness (QED) is 0.616. The largest absolute Gasteiger partial charge is 0.497 e. The number of halogens is 2. The lowest BCUT2D eigenvalue weighted by atomic mass is 10.2. The van der Waals surface area contributed by atoms with Gasteiger partial charge in [-0.3, -0.25) is 9.69 Å². The van der Waals surface area contributed by atoms with Crippen molar-refractivity contribution >= 4 is 46.5 Å². The van der Waals surface area contributed by atoms with Crippen LogP contribution in [0.15, 0.2) is 36.4 Å². The van der Waals surface area contributed by atoms with E-state index in [0.717, 1.165) is 5.69 Å². The van der Waals surface area contributed by atoms with Crippen molar-refractivity contribution in [2.45, 2.75) is 0 Å². The smallest absolute Gasteiger partial charge is 0.325 e. The summed E-state index contributed by atoms with van der Waals surface area (Å²) < 4.78 is 10.7. The Balaban J connectivity index is 1.36. The third-order valence-corrected chi connectivity index (χ3v) is 6.81. The van der Waals surface area contributed by atoms with Gasteiger partial charge in [-0.2, -0.15) is 0 Å². The molecule has 33 heavy (non-hydrogen) atoms. The Morgan fingerprint density at radius 1 is 0.939 bits per heavy atom. The lowest BCUT2D eigenvalue weighted by Crippen LogP contribution is -2.51. The van der Waals surface area contributed by atoms with E-state index in [9.17, 15) is 9.59 Å². The van der Waals surface area contributed by atoms with E-state index in [1.807, 2.05) is 12.1 Å². The number of carbonyl (C=O) groups excluding carboxylic acids is 2. The normalized spacial score (nSPS) is 16.4. The summed E-state index contributed by atoms with van der Waals surface area (Å²) in [7, 11) is 3.13. The molecule has 2 fully saturated rings. The van der Waals surface area contributed by atoms with E-state index in [0.29, 0.717) is 66.5 Å². The number of amides is 3. The molecular formula is C23H26Cl2N4O4. The van der Waals surface area contributed by atoms with Gasteiger partial charge in [0.15, 0.2) is 0 Å². The van der Waals surface area contributed by atoms with Crippen LogP contribution in [0.3, 0.4) is 0 Å². The highest BCUT2D eigenvalue weighted by molar-refractivity contribution is 6.43. The first-order valence-electron chi connectivity index (χ1n) is 10.7. The molecule has 10 heteroatoms. The fraction of sp³-hybridized carbons (Fsp3) is 0.391. The van der Waals surface area contributed by atoms with Gasteiger partial charge in [0.1, 0.15) is 18.0 Å². The molecule has 3 amide bonds. The fourth-order valence-corrected chi connectivity index (χ4v) is 4.57. The summed E-state index contributed by atoms with van der Waals surface area (Å²) >= 11 is 12.5. The monoisotopic (exact) mass is 492 g/mol. The van der Waals surface area contributed by atoms with E-state index >= 15 is 0 Å². The van der Waals surface area contributed by atoms with Crippen molar-refractivity contribution in [2.75, 3.05) is 69.8 Å². The second-order valence-corrected chi connectivity index (χ2v) is 8.62. The molecule has 2 saturated heterocycles. The van der Waals surface area contributed by atoms with Gasteiger partial charge in [-0.15, -0.1) is 0 Å². The molecule has 4 rings (SSSR count). The first-order chi connectivity index (χ1) is 15.9. The number of hydrogen-bond acceptors (Lipinski definition) is 5. The molecule has 2 aromatic rings. The second kappa shape index (κ2) is 9.97. The molecule has 2 aliphatic rings. The average molecular weight is 493 g/mol. The summed E-state index contributed by atoms with van der Waals surface area (Å²) in [6.07, 6.45) is 0. The van der Waals surface area contributed by atoms with E-state index in [1.165, 1.54) is 0 Å². The van der Waals surface area contributed by atoms with Crippen LogP contribution in [0.4, 0.5) is 16.2 Å². The molecule has 0 radical (unpaired) electrons. The number of nitrogens with zero attached hydrogens (tertiary/aromatic N) is 4. The van der Waals surface area contributed by atoms with Crippen molar-refractivity contribution < 1.29 is 19.1 Å². The lowest BCUT2D eigenvalue weighted by Gasteiger charge is -2.37. The summed E-state index contributed by atoms with van der Waals surface area (Å²) in [4.78, 5) is 33.1. The molecule has 0 spiro atoms. The molecular weight excluding hydrogens is 467 g/mol. The standard InChI is InChI=1S/C23H26Cl2N4O4/c1-32-16-6-7-20(33-2)19(14-16)29-13-12-28(23(29)31)15-21(30)27-10-8-26(9-11-27)18-5-3-4-17(24)22(18)25/h3-7,14H,8-13,15H2,1-2H3. The highest BCUT2D eigenvalue weighted by Gasteiger charge is 2.34. The lowest BCUT2D eigenvalue weighted by molar-refractivity contribution is -0.131. The zero-order valence-electron chi connectivity index (χ0n) is 18.6. The molecule has 0 aromatic heterocycles. The minimum absolute atomic E-state index is 0.0412. The molecule has 0 N–H and O–H groups in total. The number of benzene rings is 2. The molecule has 2 aromatic carbocycles. The van der Waals surface area contributed by atoms with Gasteiger partial charge in [-0.25, -0.2) is 4.79 Å². The number of rotatable bonds is 6. The van der Waals surface area contributed by atoms with E-state index in [-0.39, 0.29) is 18.5 Å². The first kappa shape index (κ1) is 23.3. The molecule has 176 valence electrons. The molecule has 0 unspecified atom stereocenters. The van der Waals surface area contributed by atoms with Crippen molar-refractivity contribution in [3.63, 3.8) is 0 Å². The summed E-state index contributed by atoms with van der Waals surface area (Å²) in [5.74, 6) is 1.14. The van der Waals surface area contributed by atoms with Crippen LogP contribution in [0.5, 0.6) is 11.5 Å². The van der Waals surface area contributed by atoms with Crippen LogP contribution in [0.2, 0.25) is 10.0 Å². The highest BCUT2D eigenvalue weighted by Crippen LogP contribution is 2.35. The molecule has 0 saturated carbocycles. The molecule has 8 nitrogen and oxygen atoms in total. The molecule has 0 bridgehead atoms. The molecule has 2 heterocycles. The Bertz CT molecular complexity index is 1040. The predicted molar refractivity (Wildman–Crippen MR) is 129 cm³/mol. The summed E-state index contributed by atoms with van der Waals surface area (Å²) in [6, 6.07) is 10.6. The molecule has 0 atom stereocenters. The Morgan fingerprint density at radius 3 is 2.39 bits per heavy atom. The van der Waals surface area contributed by atoms with Crippen molar-refractivity contribution in [3.8, 4) is 11.5 Å². The number of piperazine rings is 1. The van der Waals surface area contributed by atoms with Gasteiger partial charge in [0.05, 0.1) is 35.6 Å². The van der Waals surface area contributed by atoms with Gasteiger partial charge < -0.3 is 24.2 Å². The summed E-state index contributed by atoms with van der Waals surface area (Å²) in [5.41, 5.74) is 1.50. The van der Waals surface area contributed by atoms with Crippen molar-refractivity contribution in [1.29, 1.82) is 0 Å². The number of hydrogen-bond donors (Lipinski definition) is 0. The Labute approximate surface area is 203 Å². The van der Waals surface area contributed by atoms with Crippen LogP contribution in [0.1, 0.15) is 0 Å². The van der Waals surface area contributed by atoms with Crippen LogP contribution >= 0.6 is 23.2 Å².